The number of alkyl halides is 3. The Balaban J connectivity index is 2.00. The minimum absolute atomic E-state index is 0.0163. The van der Waals surface area contributed by atoms with Crippen molar-refractivity contribution in [3.63, 3.8) is 0 Å². The summed E-state index contributed by atoms with van der Waals surface area (Å²) in [6, 6.07) is 5.24. The van der Waals surface area contributed by atoms with E-state index in [0.717, 1.165) is 6.07 Å². The van der Waals surface area contributed by atoms with Gasteiger partial charge < -0.3 is 14.8 Å². The first-order valence-electron chi connectivity index (χ1n) is 9.91. The van der Waals surface area contributed by atoms with Gasteiger partial charge in [0.25, 0.3) is 11.8 Å². The summed E-state index contributed by atoms with van der Waals surface area (Å²) in [6.45, 7) is 5.32. The Hall–Kier alpha value is -3.34. The van der Waals surface area contributed by atoms with Crippen LogP contribution in [0.15, 0.2) is 40.1 Å². The number of hydrazone groups is 1. The fraction of sp³-hybridized carbons (Fsp3) is 0.333. The first-order chi connectivity index (χ1) is 15.6. The van der Waals surface area contributed by atoms with Gasteiger partial charge >= 0.3 is 6.18 Å². The molecule has 2 N–H and O–H groups in total. The number of benzene rings is 1. The maximum Gasteiger partial charge on any atom is 0.416 e. The quantitative estimate of drug-likeness (QED) is 0.376. The molecule has 0 radical (unpaired) electrons. The van der Waals surface area contributed by atoms with Gasteiger partial charge in [0.15, 0.2) is 5.82 Å². The Morgan fingerprint density at radius 3 is 2.64 bits per heavy atom. The minimum Gasteiger partial charge on any atom is -0.367 e. The van der Waals surface area contributed by atoms with Gasteiger partial charge in [0.1, 0.15) is 5.03 Å². The number of hydrogen-bond donors (Lipinski definition) is 2. The molecule has 12 heteroatoms. The predicted octanol–water partition coefficient (Wildman–Crippen LogP) is 2.87. The zero-order chi connectivity index (χ0) is 24.3. The molecule has 0 unspecified atom stereocenters. The molecule has 2 aromatic rings. The Morgan fingerprint density at radius 1 is 1.30 bits per heavy atom. The smallest absolute Gasteiger partial charge is 0.367 e. The van der Waals surface area contributed by atoms with E-state index in [1.807, 2.05) is 4.90 Å². The van der Waals surface area contributed by atoms with Crippen molar-refractivity contribution in [1.29, 1.82) is 0 Å². The summed E-state index contributed by atoms with van der Waals surface area (Å²) < 4.78 is 42.0. The third-order valence-corrected chi connectivity index (χ3v) is 5.81. The lowest BCUT2D eigenvalue weighted by atomic mass is 10.1. The predicted molar refractivity (Wildman–Crippen MR) is 117 cm³/mol. The molecule has 3 rings (SSSR count). The molecule has 0 bridgehead atoms. The zero-order valence-corrected chi connectivity index (χ0v) is 18.7. The first kappa shape index (κ1) is 24.3. The van der Waals surface area contributed by atoms with Crippen molar-refractivity contribution >= 4 is 30.1 Å². The van der Waals surface area contributed by atoms with Crippen molar-refractivity contribution in [3.05, 3.63) is 63.3 Å². The van der Waals surface area contributed by atoms with Crippen molar-refractivity contribution < 1.29 is 22.8 Å². The highest BCUT2D eigenvalue weighted by Crippen LogP contribution is 2.33. The second-order valence-electron chi connectivity index (χ2n) is 7.32. The minimum atomic E-state index is -4.53. The molecule has 1 aliphatic heterocycles. The van der Waals surface area contributed by atoms with Gasteiger partial charge in [-0.2, -0.15) is 18.3 Å². The maximum atomic E-state index is 13.5. The van der Waals surface area contributed by atoms with E-state index >= 15 is 0 Å². The number of imidazole rings is 1. The molecule has 1 aliphatic rings. The van der Waals surface area contributed by atoms with Gasteiger partial charge in [0, 0.05) is 38.1 Å². The summed E-state index contributed by atoms with van der Waals surface area (Å²) in [6.07, 6.45) is -4.14. The molecule has 0 fully saturated rings. The van der Waals surface area contributed by atoms with Crippen LogP contribution in [-0.4, -0.2) is 46.6 Å². The molecule has 33 heavy (non-hydrogen) atoms. The van der Waals surface area contributed by atoms with E-state index in [0.29, 0.717) is 30.1 Å². The molecule has 0 saturated carbocycles. The van der Waals surface area contributed by atoms with Gasteiger partial charge in [-0.05, 0) is 18.6 Å². The Kier molecular flexibility index (Phi) is 7.11. The van der Waals surface area contributed by atoms with Gasteiger partial charge in [-0.3, -0.25) is 9.59 Å². The molecule has 2 heterocycles. The summed E-state index contributed by atoms with van der Waals surface area (Å²) in [5.41, 5.74) is 3.08. The van der Waals surface area contributed by atoms with Crippen LogP contribution in [-0.2, 0) is 30.5 Å². The number of carbonyl (C=O) groups is 2. The summed E-state index contributed by atoms with van der Waals surface area (Å²) >= 11 is 6.14. The van der Waals surface area contributed by atoms with Crippen LogP contribution in [0.2, 0.25) is 0 Å². The number of rotatable bonds is 6. The van der Waals surface area contributed by atoms with Crippen LogP contribution >= 0.6 is 11.6 Å². The molecule has 0 aliphatic carbocycles. The van der Waals surface area contributed by atoms with Crippen LogP contribution in [0.4, 0.5) is 13.2 Å². The fourth-order valence-corrected chi connectivity index (χ4v) is 3.88. The normalized spacial score (nSPS) is 14.3. The van der Waals surface area contributed by atoms with Gasteiger partial charge in [0.2, 0.25) is 0 Å². The molecule has 0 atom stereocenters. The number of fused-ring (bicyclic) bond motifs is 1. The van der Waals surface area contributed by atoms with Crippen LogP contribution in [0.1, 0.15) is 40.1 Å². The van der Waals surface area contributed by atoms with Crippen molar-refractivity contribution in [2.45, 2.75) is 32.6 Å². The number of allylic oxidation sites excluding steroid dienone is 1. The number of halogens is 4. The van der Waals surface area contributed by atoms with E-state index < -0.39 is 23.6 Å². The van der Waals surface area contributed by atoms with E-state index in [-0.39, 0.29) is 29.5 Å². The molecule has 0 spiro atoms. The number of hydrogen-bond acceptors (Lipinski definition) is 5. The lowest BCUT2D eigenvalue weighted by Gasteiger charge is -2.30. The monoisotopic (exact) mass is 482 g/mol. The third kappa shape index (κ3) is 5.03. The van der Waals surface area contributed by atoms with E-state index in [2.05, 4.69) is 27.5 Å². The number of carbonyl (C=O) groups excluding carboxylic acids is 2. The molecule has 8 nitrogen and oxygen atoms in total. The number of aromatic nitrogens is 2. The topological polar surface area (TPSA) is 91.6 Å². The van der Waals surface area contributed by atoms with Crippen LogP contribution in [0.25, 0.3) is 0 Å². The average Bonchev–Trinajstić information content (AvgIpc) is 3.14. The van der Waals surface area contributed by atoms with Crippen LogP contribution in [0.3, 0.4) is 0 Å². The van der Waals surface area contributed by atoms with Crippen LogP contribution in [0.5, 0.6) is 0 Å². The lowest BCUT2D eigenvalue weighted by molar-refractivity contribution is -0.138. The maximum absolute atomic E-state index is 13.5. The van der Waals surface area contributed by atoms with Crippen LogP contribution in [0, 0.1) is 0 Å². The van der Waals surface area contributed by atoms with Crippen molar-refractivity contribution in [3.8, 4) is 0 Å². The van der Waals surface area contributed by atoms with Crippen LogP contribution < -0.4 is 10.7 Å². The molecule has 0 saturated heterocycles. The van der Waals surface area contributed by atoms with E-state index in [1.165, 1.54) is 29.8 Å². The second kappa shape index (κ2) is 9.65. The standard InChI is InChI=1S/C21H22ClF3N6O2/c1-12(17(22)19(32)29-27-3)30-9-8-16-15(11-30)28-18(20(33)26-2)31(16)10-13-6-4-5-7-14(13)21(23,24)25/h4-7H,3,8-11H2,1-2H3,(H,26,33)(H,29,32)/b17-12-. The van der Waals surface area contributed by atoms with Crippen molar-refractivity contribution in [2.75, 3.05) is 13.6 Å². The Labute approximate surface area is 193 Å². The largest absolute Gasteiger partial charge is 0.416 e. The van der Waals surface area contributed by atoms with Crippen molar-refractivity contribution in [2.24, 2.45) is 5.10 Å². The fourth-order valence-electron chi connectivity index (χ4n) is 3.71. The molecule has 176 valence electrons. The average molecular weight is 483 g/mol. The molecular weight excluding hydrogens is 461 g/mol. The van der Waals surface area contributed by atoms with Crippen molar-refractivity contribution in [1.82, 2.24) is 25.2 Å². The number of amides is 2. The molecular formula is C21H22ClF3N6O2. The summed E-state index contributed by atoms with van der Waals surface area (Å²) in [5, 5.41) is 5.71. The van der Waals surface area contributed by atoms with Gasteiger partial charge in [-0.1, -0.05) is 29.8 Å². The van der Waals surface area contributed by atoms with Gasteiger partial charge in [0.05, 0.1) is 24.3 Å². The zero-order valence-electron chi connectivity index (χ0n) is 18.0. The van der Waals surface area contributed by atoms with E-state index in [4.69, 9.17) is 11.6 Å². The molecule has 1 aromatic carbocycles. The highest BCUT2D eigenvalue weighted by molar-refractivity contribution is 6.42. The summed E-state index contributed by atoms with van der Waals surface area (Å²) in [4.78, 5) is 30.7. The first-order valence-corrected chi connectivity index (χ1v) is 10.3. The second-order valence-corrected chi connectivity index (χ2v) is 7.70. The SMILES string of the molecule is C=NNC(=O)/C(Cl)=C(\C)N1CCc2c(nc(C(=O)NC)n2Cc2ccccc2C(F)(F)F)C1. The van der Waals surface area contributed by atoms with Gasteiger partial charge in [-0.15, -0.1) is 0 Å². The summed E-state index contributed by atoms with van der Waals surface area (Å²) in [5.74, 6) is -1.11. The number of nitrogens with one attached hydrogen (secondary N) is 2. The third-order valence-electron chi connectivity index (χ3n) is 5.37. The Morgan fingerprint density at radius 2 is 2.00 bits per heavy atom. The van der Waals surface area contributed by atoms with Gasteiger partial charge in [-0.25, -0.2) is 10.4 Å². The Bertz CT molecular complexity index is 1130. The van der Waals surface area contributed by atoms with E-state index in [9.17, 15) is 22.8 Å². The number of nitrogens with zero attached hydrogens (tertiary/aromatic N) is 4. The molecule has 1 aromatic heterocycles. The highest BCUT2D eigenvalue weighted by Gasteiger charge is 2.34. The van der Waals surface area contributed by atoms with E-state index in [1.54, 1.807) is 6.92 Å². The lowest BCUT2D eigenvalue weighted by Crippen LogP contribution is -2.32. The highest BCUT2D eigenvalue weighted by atomic mass is 35.5. The molecule has 2 amide bonds. The summed E-state index contributed by atoms with van der Waals surface area (Å²) in [7, 11) is 1.43.